The third-order valence-electron chi connectivity index (χ3n) is 16.8. The van der Waals surface area contributed by atoms with Gasteiger partial charge in [0.25, 0.3) is 0 Å². The Kier molecular flexibility index (Phi) is 9.67. The lowest BCUT2D eigenvalue weighted by atomic mass is 9.66. The van der Waals surface area contributed by atoms with Gasteiger partial charge in [-0.3, -0.25) is 0 Å². The van der Waals surface area contributed by atoms with E-state index in [0.29, 0.717) is 0 Å². The average Bonchev–Trinajstić information content (AvgIpc) is 4.22. The summed E-state index contributed by atoms with van der Waals surface area (Å²) in [5.41, 5.74) is 21.7. The maximum absolute atomic E-state index is 6.99. The minimum absolute atomic E-state index is 0.587. The van der Waals surface area contributed by atoms with Gasteiger partial charge in [0.2, 0.25) is 0 Å². The molecule has 0 unspecified atom stereocenters. The van der Waals surface area contributed by atoms with Crippen LogP contribution in [0.3, 0.4) is 0 Å². The molecule has 3 aliphatic rings. The van der Waals surface area contributed by atoms with Crippen molar-refractivity contribution in [2.75, 3.05) is 4.90 Å². The van der Waals surface area contributed by atoms with Crippen LogP contribution in [-0.4, -0.2) is 0 Å². The van der Waals surface area contributed by atoms with E-state index < -0.39 is 10.8 Å². The van der Waals surface area contributed by atoms with Gasteiger partial charge in [-0.2, -0.15) is 0 Å². The minimum Gasteiger partial charge on any atom is -0.457 e. The Balaban J connectivity index is 0.940. The van der Waals surface area contributed by atoms with E-state index in [1.165, 1.54) is 98.1 Å². The van der Waals surface area contributed by atoms with E-state index in [1.54, 1.807) is 0 Å². The van der Waals surface area contributed by atoms with Crippen LogP contribution < -0.4 is 9.64 Å². The van der Waals surface area contributed by atoms with Crippen molar-refractivity contribution in [1.82, 2.24) is 0 Å². The number of nitrogens with zero attached hydrogens (tertiary/aromatic N) is 1. The third-order valence-corrected chi connectivity index (χ3v) is 18.0. The second-order valence-corrected chi connectivity index (χ2v) is 21.7. The highest BCUT2D eigenvalue weighted by molar-refractivity contribution is 7.26. The maximum atomic E-state index is 6.99. The summed E-state index contributed by atoms with van der Waals surface area (Å²) < 4.78 is 9.53. The molecule has 0 atom stereocenters. The van der Waals surface area contributed by atoms with Crippen molar-refractivity contribution in [2.45, 2.75) is 10.8 Å². The smallest absolute Gasteiger partial charge is 0.132 e. The largest absolute Gasteiger partial charge is 0.457 e. The minimum atomic E-state index is -0.620. The highest BCUT2D eigenvalue weighted by Crippen LogP contribution is 2.63. The van der Waals surface area contributed by atoms with Gasteiger partial charge in [0.05, 0.1) is 10.8 Å². The van der Waals surface area contributed by atoms with Gasteiger partial charge in [0.15, 0.2) is 0 Å². The molecule has 1 spiro atoms. The molecule has 360 valence electrons. The van der Waals surface area contributed by atoms with E-state index in [-0.39, 0.29) is 0 Å². The van der Waals surface area contributed by atoms with Gasteiger partial charge in [0, 0.05) is 48.4 Å². The molecule has 13 aromatic rings. The summed E-state index contributed by atoms with van der Waals surface area (Å²) in [4.78, 5) is 2.47. The first kappa shape index (κ1) is 43.8. The fourth-order valence-electron chi connectivity index (χ4n) is 13.7. The Morgan fingerprint density at radius 3 is 1.44 bits per heavy atom. The SMILES string of the molecule is c1ccc(-c2cccc(C3(c4ccc(N(c5ccc6c(c5)C5(c7ccccc7O6)c6ccccc6-c6ccccc65)c5ccc6sc7cccc(-c8ccccc8)c7c6c5)cc4)c4ccccc4-c4ccccc43)c2)cc1. The molecule has 2 nitrogen and oxygen atoms in total. The van der Waals surface area contributed by atoms with Gasteiger partial charge in [-0.1, -0.05) is 218 Å². The van der Waals surface area contributed by atoms with Crippen LogP contribution in [0, 0.1) is 0 Å². The predicted octanol–water partition coefficient (Wildman–Crippen LogP) is 19.7. The van der Waals surface area contributed by atoms with E-state index in [0.717, 1.165) is 39.7 Å². The Morgan fingerprint density at radius 2 is 0.779 bits per heavy atom. The zero-order valence-electron chi connectivity index (χ0n) is 41.9. The summed E-state index contributed by atoms with van der Waals surface area (Å²) in [6.07, 6.45) is 0. The number of ether oxygens (including phenoxy) is 1. The number of hydrogen-bond donors (Lipinski definition) is 0. The predicted molar refractivity (Wildman–Crippen MR) is 320 cm³/mol. The van der Waals surface area contributed by atoms with Crippen molar-refractivity contribution in [2.24, 2.45) is 0 Å². The number of hydrogen-bond acceptors (Lipinski definition) is 3. The van der Waals surface area contributed by atoms with Gasteiger partial charge in [-0.25, -0.2) is 0 Å². The summed E-state index contributed by atoms with van der Waals surface area (Å²) in [5.74, 6) is 1.74. The number of rotatable bonds is 7. The number of para-hydroxylation sites is 1. The number of fused-ring (bicyclic) bond motifs is 15. The Hall–Kier alpha value is -9.54. The van der Waals surface area contributed by atoms with Crippen molar-refractivity contribution in [3.8, 4) is 56.0 Å². The molecule has 1 aromatic heterocycles. The standard InChI is InChI=1S/C74H47NOS/c1-3-19-48(20-4-1)50-23-17-24-52(45-50)73(62-30-11-7-25-57(62)58-26-8-12-31-63(58)73)51-37-39-53(40-38-51)75(54-42-44-70-61(46-54)72-56(29-18-36-71(72)77-70)49-21-5-2-6-22-49)55-41-43-69-67(47-55)74(66-34-15-16-35-68(66)76-69)64-32-13-9-27-59(64)60-28-10-14-33-65(60)74/h1-47H. The van der Waals surface area contributed by atoms with Crippen molar-refractivity contribution >= 4 is 48.6 Å². The van der Waals surface area contributed by atoms with Gasteiger partial charge in [0.1, 0.15) is 11.5 Å². The lowest BCUT2D eigenvalue weighted by Crippen LogP contribution is -2.32. The van der Waals surface area contributed by atoms with Gasteiger partial charge in [-0.05, 0) is 145 Å². The van der Waals surface area contributed by atoms with Crippen LogP contribution in [0.2, 0.25) is 0 Å². The molecule has 2 heterocycles. The lowest BCUT2D eigenvalue weighted by molar-refractivity contribution is 0.436. The molecule has 0 amide bonds. The molecule has 16 rings (SSSR count). The van der Waals surface area contributed by atoms with E-state index in [1.807, 2.05) is 11.3 Å². The van der Waals surface area contributed by atoms with Gasteiger partial charge < -0.3 is 9.64 Å². The van der Waals surface area contributed by atoms with E-state index in [4.69, 9.17) is 4.74 Å². The molecular formula is C74H47NOS. The molecule has 77 heavy (non-hydrogen) atoms. The maximum Gasteiger partial charge on any atom is 0.132 e. The number of thiophene rings is 1. The molecule has 2 aliphatic carbocycles. The second-order valence-electron chi connectivity index (χ2n) is 20.6. The highest BCUT2D eigenvalue weighted by Gasteiger charge is 2.51. The normalized spacial score (nSPS) is 13.8. The van der Waals surface area contributed by atoms with Gasteiger partial charge >= 0.3 is 0 Å². The monoisotopic (exact) mass is 997 g/mol. The van der Waals surface area contributed by atoms with E-state index in [2.05, 4.69) is 290 Å². The van der Waals surface area contributed by atoms with E-state index in [9.17, 15) is 0 Å². The van der Waals surface area contributed by atoms with Crippen molar-refractivity contribution in [1.29, 1.82) is 0 Å². The zero-order valence-corrected chi connectivity index (χ0v) is 42.7. The topological polar surface area (TPSA) is 12.5 Å². The molecule has 0 bridgehead atoms. The number of benzene rings is 12. The first-order valence-corrected chi connectivity index (χ1v) is 27.4. The summed E-state index contributed by atoms with van der Waals surface area (Å²) in [5, 5.41) is 2.52. The summed E-state index contributed by atoms with van der Waals surface area (Å²) in [6.45, 7) is 0. The van der Waals surface area contributed by atoms with Crippen molar-refractivity contribution in [3.63, 3.8) is 0 Å². The molecular weight excluding hydrogens is 951 g/mol. The lowest BCUT2D eigenvalue weighted by Gasteiger charge is -2.40. The van der Waals surface area contributed by atoms with Crippen LogP contribution in [0.25, 0.3) is 64.7 Å². The molecule has 0 saturated heterocycles. The zero-order chi connectivity index (χ0) is 50.7. The molecule has 0 N–H and O–H groups in total. The number of anilines is 3. The van der Waals surface area contributed by atoms with Crippen LogP contribution in [0.15, 0.2) is 285 Å². The molecule has 0 radical (unpaired) electrons. The molecule has 0 saturated carbocycles. The van der Waals surface area contributed by atoms with Crippen molar-refractivity contribution < 1.29 is 4.74 Å². The van der Waals surface area contributed by atoms with Crippen LogP contribution in [0.1, 0.15) is 44.5 Å². The Bertz CT molecular complexity index is 4400. The quantitative estimate of drug-likeness (QED) is 0.158. The van der Waals surface area contributed by atoms with E-state index >= 15 is 0 Å². The molecule has 12 aromatic carbocycles. The third kappa shape index (κ3) is 6.29. The first-order valence-electron chi connectivity index (χ1n) is 26.6. The first-order chi connectivity index (χ1) is 38.2. The Morgan fingerprint density at radius 1 is 0.286 bits per heavy atom. The molecule has 3 heteroatoms. The molecule has 0 fully saturated rings. The van der Waals surface area contributed by atoms with Crippen LogP contribution in [-0.2, 0) is 10.8 Å². The Labute approximate surface area is 452 Å². The molecule has 1 aliphatic heterocycles. The fraction of sp³-hybridized carbons (Fsp3) is 0.0270. The van der Waals surface area contributed by atoms with Gasteiger partial charge in [-0.15, -0.1) is 11.3 Å². The summed E-state index contributed by atoms with van der Waals surface area (Å²) in [6, 6.07) is 106. The summed E-state index contributed by atoms with van der Waals surface area (Å²) in [7, 11) is 0. The van der Waals surface area contributed by atoms with Crippen LogP contribution in [0.4, 0.5) is 17.1 Å². The second kappa shape index (κ2) is 17.0. The summed E-state index contributed by atoms with van der Waals surface area (Å²) >= 11 is 1.86. The highest BCUT2D eigenvalue weighted by atomic mass is 32.1. The van der Waals surface area contributed by atoms with Crippen LogP contribution in [0.5, 0.6) is 11.5 Å². The van der Waals surface area contributed by atoms with Crippen LogP contribution >= 0.6 is 11.3 Å². The van der Waals surface area contributed by atoms with Crippen molar-refractivity contribution in [3.05, 3.63) is 330 Å². The average molecular weight is 998 g/mol. The fourth-order valence-corrected chi connectivity index (χ4v) is 14.8.